The lowest BCUT2D eigenvalue weighted by Crippen LogP contribution is -2.17. The van der Waals surface area contributed by atoms with Crippen LogP contribution in [0.4, 0.5) is 0 Å². The van der Waals surface area contributed by atoms with Crippen LogP contribution in [0.2, 0.25) is 0 Å². The summed E-state index contributed by atoms with van der Waals surface area (Å²) in [5, 5.41) is 10.9. The Morgan fingerprint density at radius 3 is 2.33 bits per heavy atom. The molecule has 0 bridgehead atoms. The van der Waals surface area contributed by atoms with Gasteiger partial charge in [-0.25, -0.2) is 9.48 Å². The number of ketones is 1. The van der Waals surface area contributed by atoms with Crippen LogP contribution in [-0.2, 0) is 4.79 Å². The van der Waals surface area contributed by atoms with Gasteiger partial charge in [-0.3, -0.25) is 4.79 Å². The van der Waals surface area contributed by atoms with Crippen molar-refractivity contribution < 1.29 is 19.1 Å². The number of carbonyl (C=O) groups is 2. The second kappa shape index (κ2) is 8.78. The molecule has 0 amide bonds. The van der Waals surface area contributed by atoms with Gasteiger partial charge in [-0.05, 0) is 46.8 Å². The van der Waals surface area contributed by atoms with Crippen molar-refractivity contribution in [1.29, 1.82) is 0 Å². The van der Waals surface area contributed by atoms with Gasteiger partial charge in [-0.1, -0.05) is 36.4 Å². The van der Waals surface area contributed by atoms with E-state index in [1.165, 1.54) is 11.0 Å². The van der Waals surface area contributed by atoms with E-state index in [1.807, 2.05) is 18.2 Å². The fourth-order valence-electron chi connectivity index (χ4n) is 2.73. The molecule has 0 radical (unpaired) electrons. The second-order valence-electron chi connectivity index (χ2n) is 6.23. The van der Waals surface area contributed by atoms with Gasteiger partial charge in [-0.15, -0.1) is 5.10 Å². The number of esters is 1. The SMILES string of the molecule is O=C(COc1ccc(C(=O)c2ccccc2)cc1)Oc1cccc(-n2cnnn2)c1. The Morgan fingerprint density at radius 1 is 0.833 bits per heavy atom. The van der Waals surface area contributed by atoms with Gasteiger partial charge in [0.15, 0.2) is 12.4 Å². The maximum Gasteiger partial charge on any atom is 0.349 e. The summed E-state index contributed by atoms with van der Waals surface area (Å²) in [4.78, 5) is 24.5. The first-order valence-corrected chi connectivity index (χ1v) is 9.06. The van der Waals surface area contributed by atoms with Crippen LogP contribution in [0.3, 0.4) is 0 Å². The molecule has 8 heteroatoms. The molecule has 0 unspecified atom stereocenters. The molecule has 1 heterocycles. The van der Waals surface area contributed by atoms with Crippen molar-refractivity contribution in [1.82, 2.24) is 20.2 Å². The third kappa shape index (κ3) is 4.56. The summed E-state index contributed by atoms with van der Waals surface area (Å²) in [6, 6.07) is 22.4. The zero-order chi connectivity index (χ0) is 20.8. The van der Waals surface area contributed by atoms with E-state index in [-0.39, 0.29) is 12.4 Å². The smallest absolute Gasteiger partial charge is 0.349 e. The van der Waals surface area contributed by atoms with Crippen LogP contribution >= 0.6 is 0 Å². The fourth-order valence-corrected chi connectivity index (χ4v) is 2.73. The summed E-state index contributed by atoms with van der Waals surface area (Å²) in [5.41, 5.74) is 1.80. The summed E-state index contributed by atoms with van der Waals surface area (Å²) in [5.74, 6) is 0.164. The Morgan fingerprint density at radius 2 is 1.60 bits per heavy atom. The minimum Gasteiger partial charge on any atom is -0.482 e. The Bertz CT molecular complexity index is 1140. The molecule has 0 aliphatic rings. The van der Waals surface area contributed by atoms with E-state index in [2.05, 4.69) is 15.5 Å². The summed E-state index contributed by atoms with van der Waals surface area (Å²) in [6.45, 7) is -0.277. The van der Waals surface area contributed by atoms with E-state index in [9.17, 15) is 9.59 Å². The molecule has 1 aromatic heterocycles. The molecule has 4 rings (SSSR count). The summed E-state index contributed by atoms with van der Waals surface area (Å²) < 4.78 is 12.2. The van der Waals surface area contributed by atoms with Crippen molar-refractivity contribution in [2.45, 2.75) is 0 Å². The molecule has 8 nitrogen and oxygen atoms in total. The number of ether oxygens (including phenoxy) is 2. The molecule has 0 spiro atoms. The summed E-state index contributed by atoms with van der Waals surface area (Å²) in [7, 11) is 0. The average Bonchev–Trinajstić information content (AvgIpc) is 3.33. The van der Waals surface area contributed by atoms with Crippen LogP contribution < -0.4 is 9.47 Å². The predicted octanol–water partition coefficient (Wildman–Crippen LogP) is 2.88. The van der Waals surface area contributed by atoms with Gasteiger partial charge in [0.25, 0.3) is 0 Å². The summed E-state index contributed by atoms with van der Waals surface area (Å²) >= 11 is 0. The number of carbonyl (C=O) groups excluding carboxylic acids is 2. The van der Waals surface area contributed by atoms with Gasteiger partial charge in [0.05, 0.1) is 5.69 Å². The lowest BCUT2D eigenvalue weighted by Gasteiger charge is -2.08. The van der Waals surface area contributed by atoms with Crippen molar-refractivity contribution in [2.24, 2.45) is 0 Å². The van der Waals surface area contributed by atoms with Crippen molar-refractivity contribution in [2.75, 3.05) is 6.61 Å². The second-order valence-corrected chi connectivity index (χ2v) is 6.23. The first-order chi connectivity index (χ1) is 14.7. The van der Waals surface area contributed by atoms with Crippen molar-refractivity contribution in [3.8, 4) is 17.2 Å². The highest BCUT2D eigenvalue weighted by Gasteiger charge is 2.10. The van der Waals surface area contributed by atoms with E-state index in [4.69, 9.17) is 9.47 Å². The van der Waals surface area contributed by atoms with Gasteiger partial charge >= 0.3 is 5.97 Å². The highest BCUT2D eigenvalue weighted by atomic mass is 16.6. The molecule has 0 fully saturated rings. The molecule has 0 aliphatic heterocycles. The molecule has 148 valence electrons. The van der Waals surface area contributed by atoms with Crippen molar-refractivity contribution in [3.05, 3.63) is 96.3 Å². The van der Waals surface area contributed by atoms with E-state index in [0.29, 0.717) is 28.3 Å². The molecule has 0 atom stereocenters. The summed E-state index contributed by atoms with van der Waals surface area (Å²) in [6.07, 6.45) is 1.44. The Kier molecular flexibility index (Phi) is 5.56. The molecule has 4 aromatic rings. The van der Waals surface area contributed by atoms with Crippen LogP contribution in [0.1, 0.15) is 15.9 Å². The van der Waals surface area contributed by atoms with Crippen molar-refractivity contribution >= 4 is 11.8 Å². The van der Waals surface area contributed by atoms with Crippen LogP contribution in [0.5, 0.6) is 11.5 Å². The van der Waals surface area contributed by atoms with E-state index >= 15 is 0 Å². The monoisotopic (exact) mass is 400 g/mol. The largest absolute Gasteiger partial charge is 0.482 e. The molecule has 30 heavy (non-hydrogen) atoms. The molecule has 0 aliphatic carbocycles. The quantitative estimate of drug-likeness (QED) is 0.267. The number of hydrogen-bond donors (Lipinski definition) is 0. The first-order valence-electron chi connectivity index (χ1n) is 9.06. The number of aromatic nitrogens is 4. The minimum absolute atomic E-state index is 0.0796. The lowest BCUT2D eigenvalue weighted by atomic mass is 10.0. The lowest BCUT2D eigenvalue weighted by molar-refractivity contribution is -0.136. The maximum absolute atomic E-state index is 12.4. The number of nitrogens with zero attached hydrogens (tertiary/aromatic N) is 4. The molecular weight excluding hydrogens is 384 g/mol. The zero-order valence-electron chi connectivity index (χ0n) is 15.7. The molecule has 0 saturated carbocycles. The minimum atomic E-state index is -0.562. The predicted molar refractivity (Wildman–Crippen MR) is 107 cm³/mol. The Balaban J connectivity index is 1.33. The van der Waals surface area contributed by atoms with Gasteiger partial charge in [-0.2, -0.15) is 0 Å². The average molecular weight is 400 g/mol. The van der Waals surface area contributed by atoms with Crippen LogP contribution in [0, 0.1) is 0 Å². The van der Waals surface area contributed by atoms with E-state index in [0.717, 1.165) is 0 Å². The standard InChI is InChI=1S/C22H16N4O4/c27-21(30-20-8-4-7-18(13-20)26-15-23-24-25-26)14-29-19-11-9-17(10-12-19)22(28)16-5-2-1-3-6-16/h1-13,15H,14H2. The highest BCUT2D eigenvalue weighted by Crippen LogP contribution is 2.17. The first kappa shape index (κ1) is 19.0. The normalized spacial score (nSPS) is 10.4. The number of hydrogen-bond acceptors (Lipinski definition) is 7. The van der Waals surface area contributed by atoms with Gasteiger partial charge in [0.1, 0.15) is 17.8 Å². The molecule has 0 saturated heterocycles. The van der Waals surface area contributed by atoms with Crippen molar-refractivity contribution in [3.63, 3.8) is 0 Å². The maximum atomic E-state index is 12.4. The number of rotatable bonds is 7. The number of tetrazole rings is 1. The van der Waals surface area contributed by atoms with E-state index < -0.39 is 5.97 Å². The molecule has 0 N–H and O–H groups in total. The molecular formula is C22H16N4O4. The third-order valence-corrected chi connectivity index (χ3v) is 4.17. The highest BCUT2D eigenvalue weighted by molar-refractivity contribution is 6.08. The topological polar surface area (TPSA) is 96.2 Å². The zero-order valence-corrected chi connectivity index (χ0v) is 15.7. The van der Waals surface area contributed by atoms with E-state index in [1.54, 1.807) is 60.7 Å². The van der Waals surface area contributed by atoms with Crippen LogP contribution in [-0.4, -0.2) is 38.6 Å². The Labute approximate surface area is 171 Å². The van der Waals surface area contributed by atoms with Gasteiger partial charge < -0.3 is 9.47 Å². The fraction of sp³-hybridized carbons (Fsp3) is 0.0455. The number of benzene rings is 3. The third-order valence-electron chi connectivity index (χ3n) is 4.17. The molecule has 3 aromatic carbocycles. The van der Waals surface area contributed by atoms with Crippen LogP contribution in [0.25, 0.3) is 5.69 Å². The van der Waals surface area contributed by atoms with Crippen LogP contribution in [0.15, 0.2) is 85.2 Å². The van der Waals surface area contributed by atoms with Gasteiger partial charge in [0.2, 0.25) is 0 Å². The van der Waals surface area contributed by atoms with Gasteiger partial charge in [0, 0.05) is 17.2 Å². The Hall–Kier alpha value is -4.33.